The van der Waals surface area contributed by atoms with Crippen LogP contribution in [0, 0.1) is 0 Å². The number of nitrogens with one attached hydrogen (secondary N) is 1. The highest BCUT2D eigenvalue weighted by molar-refractivity contribution is 6.74. The maximum Gasteiger partial charge on any atom is 0.337 e. The first-order valence-corrected chi connectivity index (χ1v) is 19.8. The number of benzene rings is 1. The minimum absolute atomic E-state index is 0.0430. The SMILES string of the molecule is CN(Cc1cncc(C(=O)O)c1)C(=O)c1ccc(C[C@]2(C(=O)OC(C)(C)C)CC[C@H]([C@H](O[Si](C)(C)C(C)(C)C)c3ccc(Cl)nc3)N2)cc1. The van der Waals surface area contributed by atoms with Gasteiger partial charge in [0.2, 0.25) is 0 Å². The highest BCUT2D eigenvalue weighted by Gasteiger charge is 2.51. The van der Waals surface area contributed by atoms with Crippen LogP contribution in [-0.2, 0) is 26.9 Å². The van der Waals surface area contributed by atoms with E-state index >= 15 is 0 Å². The number of aromatic carboxylic acids is 1. The third-order valence-corrected chi connectivity index (χ3v) is 14.0. The number of esters is 1. The van der Waals surface area contributed by atoms with Crippen LogP contribution < -0.4 is 5.32 Å². The molecule has 1 saturated heterocycles. The number of ether oxygens (including phenoxy) is 1. The normalized spacial score (nSPS) is 18.9. The first-order chi connectivity index (χ1) is 22.7. The van der Waals surface area contributed by atoms with E-state index in [4.69, 9.17) is 20.8 Å². The molecule has 2 aromatic heterocycles. The van der Waals surface area contributed by atoms with Crippen molar-refractivity contribution >= 4 is 37.8 Å². The van der Waals surface area contributed by atoms with Gasteiger partial charge < -0.3 is 19.2 Å². The number of pyridine rings is 2. The number of carbonyl (C=O) groups excluding carboxylic acids is 2. The summed E-state index contributed by atoms with van der Waals surface area (Å²) in [6, 6.07) is 12.2. The van der Waals surface area contributed by atoms with Crippen molar-refractivity contribution in [1.29, 1.82) is 0 Å². The van der Waals surface area contributed by atoms with Crippen LogP contribution in [0.1, 0.15) is 97.9 Å². The lowest BCUT2D eigenvalue weighted by Crippen LogP contribution is -2.56. The maximum absolute atomic E-state index is 14.0. The number of carboxylic acids is 1. The lowest BCUT2D eigenvalue weighted by Gasteiger charge is -2.41. The second-order valence-electron chi connectivity index (χ2n) is 15.5. The topological polar surface area (TPSA) is 131 Å². The van der Waals surface area contributed by atoms with Gasteiger partial charge in [0.1, 0.15) is 16.3 Å². The molecule has 2 N–H and O–H groups in total. The predicted molar refractivity (Wildman–Crippen MR) is 192 cm³/mol. The van der Waals surface area contributed by atoms with Gasteiger partial charge in [0.05, 0.1) is 11.7 Å². The number of halogens is 1. The van der Waals surface area contributed by atoms with Crippen LogP contribution >= 0.6 is 11.6 Å². The van der Waals surface area contributed by atoms with Crippen LogP contribution in [0.25, 0.3) is 0 Å². The maximum atomic E-state index is 14.0. The molecule has 0 unspecified atom stereocenters. The van der Waals surface area contributed by atoms with Crippen LogP contribution in [0.2, 0.25) is 23.3 Å². The van der Waals surface area contributed by atoms with Crippen LogP contribution in [0.15, 0.2) is 61.1 Å². The Balaban J connectivity index is 1.59. The minimum Gasteiger partial charge on any atom is -0.478 e. The van der Waals surface area contributed by atoms with Gasteiger partial charge in [0.25, 0.3) is 5.91 Å². The van der Waals surface area contributed by atoms with Gasteiger partial charge in [0.15, 0.2) is 8.32 Å². The predicted octanol–water partition coefficient (Wildman–Crippen LogP) is 7.24. The lowest BCUT2D eigenvalue weighted by molar-refractivity contribution is -0.163. The average molecular weight is 709 g/mol. The molecule has 0 bridgehead atoms. The minimum atomic E-state index is -2.26. The molecule has 1 aromatic carbocycles. The molecule has 264 valence electrons. The highest BCUT2D eigenvalue weighted by atomic mass is 35.5. The Morgan fingerprint density at radius 1 is 1.02 bits per heavy atom. The molecule has 49 heavy (non-hydrogen) atoms. The number of hydrogen-bond acceptors (Lipinski definition) is 8. The summed E-state index contributed by atoms with van der Waals surface area (Å²) < 4.78 is 13.0. The molecule has 0 spiro atoms. The molecule has 1 aliphatic heterocycles. The van der Waals surface area contributed by atoms with Gasteiger partial charge in [-0.1, -0.05) is 50.6 Å². The Hall–Kier alpha value is -3.64. The molecule has 3 aromatic rings. The van der Waals surface area contributed by atoms with Crippen molar-refractivity contribution in [2.75, 3.05) is 7.05 Å². The largest absolute Gasteiger partial charge is 0.478 e. The summed E-state index contributed by atoms with van der Waals surface area (Å²) in [5, 5.41) is 13.3. The van der Waals surface area contributed by atoms with E-state index in [1.54, 1.807) is 37.6 Å². The number of carbonyl (C=O) groups is 3. The number of nitrogens with zero attached hydrogens (tertiary/aromatic N) is 3. The van der Waals surface area contributed by atoms with Crippen molar-refractivity contribution in [2.24, 2.45) is 0 Å². The summed E-state index contributed by atoms with van der Waals surface area (Å²) in [6.07, 6.45) is 5.75. The summed E-state index contributed by atoms with van der Waals surface area (Å²) in [5.41, 5.74) is 1.18. The van der Waals surface area contributed by atoms with Gasteiger partial charge in [0, 0.05) is 50.2 Å². The van der Waals surface area contributed by atoms with Crippen LogP contribution in [0.5, 0.6) is 0 Å². The summed E-state index contributed by atoms with van der Waals surface area (Å²) in [7, 11) is -0.605. The molecule has 1 fully saturated rings. The third kappa shape index (κ3) is 9.54. The fraction of sp³-hybridized carbons (Fsp3) is 0.486. The second kappa shape index (κ2) is 14.7. The number of carboxylic acid groups (broad SMARTS) is 1. The summed E-state index contributed by atoms with van der Waals surface area (Å²) >= 11 is 6.15. The van der Waals surface area contributed by atoms with E-state index in [-0.39, 0.29) is 41.2 Å². The van der Waals surface area contributed by atoms with Gasteiger partial charge in [-0.05, 0) is 92.7 Å². The third-order valence-electron chi connectivity index (χ3n) is 9.32. The molecule has 0 radical (unpaired) electrons. The quantitative estimate of drug-likeness (QED) is 0.120. The van der Waals surface area contributed by atoms with Crippen molar-refractivity contribution in [3.05, 3.63) is 94.0 Å². The monoisotopic (exact) mass is 708 g/mol. The Morgan fingerprint density at radius 3 is 2.27 bits per heavy atom. The molecule has 0 saturated carbocycles. The van der Waals surface area contributed by atoms with Crippen LogP contribution in [-0.4, -0.2) is 70.4 Å². The van der Waals surface area contributed by atoms with Crippen LogP contribution in [0.4, 0.5) is 0 Å². The van der Waals surface area contributed by atoms with Crippen LogP contribution in [0.3, 0.4) is 0 Å². The zero-order valence-electron chi connectivity index (χ0n) is 30.0. The molecule has 1 aliphatic rings. The van der Waals surface area contributed by atoms with E-state index in [0.717, 1.165) is 11.1 Å². The fourth-order valence-electron chi connectivity index (χ4n) is 5.68. The van der Waals surface area contributed by atoms with E-state index in [1.165, 1.54) is 17.2 Å². The molecule has 10 nitrogen and oxygen atoms in total. The van der Waals surface area contributed by atoms with E-state index < -0.39 is 25.4 Å². The summed E-state index contributed by atoms with van der Waals surface area (Å²) in [6.45, 7) is 16.8. The standard InChI is InChI=1S/C37H49ClN4O6Si/c1-35(2,3)47-34(46)37(17-16-29(41-37)31(27-14-15-30(38)40-22-27)48-49(8,9)36(4,5)6)19-24-10-12-26(13-11-24)32(43)42(7)23-25-18-28(33(44)45)21-39-20-25/h10-15,18,20-22,29,31,41H,16-17,19,23H2,1-9H3,(H,44,45)/t29-,31-,37+/m1/s1. The molecule has 3 heterocycles. The Bertz CT molecular complexity index is 1650. The number of hydrogen-bond donors (Lipinski definition) is 2. The average Bonchev–Trinajstić information content (AvgIpc) is 3.44. The first-order valence-electron chi connectivity index (χ1n) is 16.5. The number of rotatable bonds is 11. The van der Waals surface area contributed by atoms with Crippen molar-refractivity contribution in [3.8, 4) is 0 Å². The first kappa shape index (κ1) is 38.2. The lowest BCUT2D eigenvalue weighted by atomic mass is 9.88. The zero-order valence-corrected chi connectivity index (χ0v) is 31.7. The molecular formula is C37H49ClN4O6Si. The molecular weight excluding hydrogens is 660 g/mol. The van der Waals surface area contributed by atoms with Gasteiger partial charge in [-0.2, -0.15) is 0 Å². The fourth-order valence-corrected chi connectivity index (χ4v) is 7.08. The van der Waals surface area contributed by atoms with E-state index in [1.807, 2.05) is 39.0 Å². The molecule has 12 heteroatoms. The Kier molecular flexibility index (Phi) is 11.4. The molecule has 1 amide bonds. The van der Waals surface area contributed by atoms with E-state index in [0.29, 0.717) is 35.5 Å². The number of amides is 1. The molecule has 4 rings (SSSR count). The van der Waals surface area contributed by atoms with E-state index in [2.05, 4.69) is 49.1 Å². The summed E-state index contributed by atoms with van der Waals surface area (Å²) in [4.78, 5) is 48.5. The van der Waals surface area contributed by atoms with Crippen molar-refractivity contribution in [3.63, 3.8) is 0 Å². The molecule has 3 atom stereocenters. The van der Waals surface area contributed by atoms with Crippen molar-refractivity contribution in [2.45, 2.75) is 109 Å². The number of aromatic nitrogens is 2. The molecule has 0 aliphatic carbocycles. The second-order valence-corrected chi connectivity index (χ2v) is 20.7. The Morgan fingerprint density at radius 2 is 1.69 bits per heavy atom. The van der Waals surface area contributed by atoms with E-state index in [9.17, 15) is 19.5 Å². The zero-order chi connectivity index (χ0) is 36.4. The summed E-state index contributed by atoms with van der Waals surface area (Å²) in [5.74, 6) is -1.64. The van der Waals surface area contributed by atoms with Gasteiger partial charge in [-0.25, -0.2) is 9.78 Å². The van der Waals surface area contributed by atoms with Gasteiger partial charge in [-0.15, -0.1) is 0 Å². The Labute approximate surface area is 295 Å². The highest BCUT2D eigenvalue weighted by Crippen LogP contribution is 2.43. The van der Waals surface area contributed by atoms with Crippen molar-refractivity contribution in [1.82, 2.24) is 20.2 Å². The smallest absolute Gasteiger partial charge is 0.337 e. The van der Waals surface area contributed by atoms with Gasteiger partial charge in [-0.3, -0.25) is 19.9 Å². The van der Waals surface area contributed by atoms with Gasteiger partial charge >= 0.3 is 11.9 Å². The van der Waals surface area contributed by atoms with Crippen molar-refractivity contribution < 1.29 is 28.7 Å².